The fourth-order valence-corrected chi connectivity index (χ4v) is 5.02. The average Bonchev–Trinajstić information content (AvgIpc) is 3.17. The lowest BCUT2D eigenvalue weighted by molar-refractivity contribution is -0.137. The lowest BCUT2D eigenvalue weighted by atomic mass is 9.94. The summed E-state index contributed by atoms with van der Waals surface area (Å²) in [5.74, 6) is -2.71. The number of fused-ring (bicyclic) bond motifs is 1. The van der Waals surface area contributed by atoms with Crippen LogP contribution < -0.4 is 5.73 Å². The van der Waals surface area contributed by atoms with Crippen molar-refractivity contribution in [3.05, 3.63) is 76.0 Å². The standard InChI is InChI=1S/C29H34ClN3O6/c1-18(12-26(37)38)11-25(36)27-23-14-20(28(31)39)15-32-29(23)33(16-22(35)17-34)24(27)10-5-3-2-4-7-19-8-6-9-21(30)13-19/h6,8-9,13-15,17-18,34-35H,2-5,7,10-12,16H2,1H3,(H2,31,39)(H,37,38)/b22-17-. The van der Waals surface area contributed by atoms with Crippen LogP contribution in [0.4, 0.5) is 0 Å². The number of amides is 1. The van der Waals surface area contributed by atoms with Gasteiger partial charge in [0.05, 0.1) is 12.1 Å². The highest BCUT2D eigenvalue weighted by Crippen LogP contribution is 2.31. The van der Waals surface area contributed by atoms with Crippen molar-refractivity contribution < 1.29 is 29.7 Å². The van der Waals surface area contributed by atoms with Gasteiger partial charge in [-0.05, 0) is 55.4 Å². The number of carboxylic acid groups (broad SMARTS) is 1. The minimum atomic E-state index is -0.994. The Kier molecular flexibility index (Phi) is 10.5. The van der Waals surface area contributed by atoms with Gasteiger partial charge in [0.15, 0.2) is 5.78 Å². The molecule has 2 aromatic heterocycles. The van der Waals surface area contributed by atoms with Crippen molar-refractivity contribution in [2.24, 2.45) is 11.7 Å². The molecule has 0 aliphatic carbocycles. The zero-order chi connectivity index (χ0) is 28.5. The monoisotopic (exact) mass is 555 g/mol. The molecule has 0 spiro atoms. The molecule has 1 atom stereocenters. The van der Waals surface area contributed by atoms with E-state index in [2.05, 4.69) is 4.98 Å². The SMILES string of the molecule is CC(CC(=O)O)CC(=O)c1c(CCCCCCc2cccc(Cl)c2)n(C/C(O)=C/O)c2ncc(C(N)=O)cc12. The Morgan fingerprint density at radius 3 is 2.44 bits per heavy atom. The fraction of sp³-hybridized carbons (Fsp3) is 0.379. The molecule has 3 rings (SSSR count). The van der Waals surface area contributed by atoms with Crippen LogP contribution in [-0.4, -0.2) is 42.5 Å². The van der Waals surface area contributed by atoms with Gasteiger partial charge >= 0.3 is 5.97 Å². The summed E-state index contributed by atoms with van der Waals surface area (Å²) in [6, 6.07) is 9.28. The summed E-state index contributed by atoms with van der Waals surface area (Å²) in [4.78, 5) is 41.0. The van der Waals surface area contributed by atoms with Gasteiger partial charge in [-0.25, -0.2) is 4.98 Å². The molecule has 1 aromatic carbocycles. The molecule has 1 amide bonds. The normalized spacial score (nSPS) is 12.5. The lowest BCUT2D eigenvalue weighted by Gasteiger charge is -2.13. The molecule has 5 N–H and O–H groups in total. The summed E-state index contributed by atoms with van der Waals surface area (Å²) in [6.07, 6.45) is 6.65. The number of Topliss-reactive ketones (excluding diaryl/α,β-unsaturated/α-hetero) is 1. The van der Waals surface area contributed by atoms with Gasteiger partial charge in [-0.3, -0.25) is 14.4 Å². The predicted molar refractivity (Wildman–Crippen MR) is 149 cm³/mol. The van der Waals surface area contributed by atoms with E-state index in [0.29, 0.717) is 40.0 Å². The molecule has 0 bridgehead atoms. The second-order valence-electron chi connectivity index (χ2n) is 9.86. The van der Waals surface area contributed by atoms with E-state index in [0.717, 1.165) is 32.1 Å². The molecular weight excluding hydrogens is 522 g/mol. The summed E-state index contributed by atoms with van der Waals surface area (Å²) < 4.78 is 1.66. The number of carbonyl (C=O) groups is 3. The van der Waals surface area contributed by atoms with E-state index in [4.69, 9.17) is 22.4 Å². The highest BCUT2D eigenvalue weighted by atomic mass is 35.5. The number of aliphatic carboxylic acids is 1. The number of halogens is 1. The Hall–Kier alpha value is -3.85. The van der Waals surface area contributed by atoms with Crippen molar-refractivity contribution in [1.82, 2.24) is 9.55 Å². The number of rotatable bonds is 15. The fourth-order valence-electron chi connectivity index (χ4n) is 4.81. The molecule has 1 unspecified atom stereocenters. The maximum absolute atomic E-state index is 13.6. The Bertz CT molecular complexity index is 1380. The number of aliphatic hydroxyl groups is 2. The number of pyridine rings is 1. The molecule has 0 aliphatic rings. The average molecular weight is 556 g/mol. The third kappa shape index (κ3) is 8.07. The van der Waals surface area contributed by atoms with Gasteiger partial charge in [0, 0.05) is 40.7 Å². The highest BCUT2D eigenvalue weighted by Gasteiger charge is 2.26. The van der Waals surface area contributed by atoms with Crippen LogP contribution in [0, 0.1) is 5.92 Å². The number of hydrogen-bond acceptors (Lipinski definition) is 6. The third-order valence-corrected chi connectivity index (χ3v) is 6.85. The predicted octanol–water partition coefficient (Wildman–Crippen LogP) is 5.78. The number of hydrogen-bond donors (Lipinski definition) is 4. The van der Waals surface area contributed by atoms with Crippen LogP contribution in [0.25, 0.3) is 11.0 Å². The molecule has 39 heavy (non-hydrogen) atoms. The van der Waals surface area contributed by atoms with E-state index in [-0.39, 0.29) is 36.5 Å². The maximum Gasteiger partial charge on any atom is 0.303 e. The topological polar surface area (TPSA) is 156 Å². The van der Waals surface area contributed by atoms with Crippen LogP contribution in [0.1, 0.15) is 77.4 Å². The minimum absolute atomic E-state index is 0.0132. The number of carboxylic acids is 1. The van der Waals surface area contributed by atoms with Crippen molar-refractivity contribution in [2.75, 3.05) is 0 Å². The zero-order valence-electron chi connectivity index (χ0n) is 21.9. The molecule has 0 saturated heterocycles. The number of primary amides is 1. The first kappa shape index (κ1) is 29.7. The molecule has 0 saturated carbocycles. The number of allylic oxidation sites excluding steroid dienone is 1. The maximum atomic E-state index is 13.6. The Morgan fingerprint density at radius 2 is 1.79 bits per heavy atom. The van der Waals surface area contributed by atoms with Crippen LogP contribution in [0.5, 0.6) is 0 Å². The summed E-state index contributed by atoms with van der Waals surface area (Å²) in [5.41, 5.74) is 8.07. The molecule has 0 aliphatic heterocycles. The van der Waals surface area contributed by atoms with E-state index >= 15 is 0 Å². The van der Waals surface area contributed by atoms with Crippen molar-refractivity contribution in [3.63, 3.8) is 0 Å². The molecule has 2 heterocycles. The van der Waals surface area contributed by atoms with Crippen molar-refractivity contribution in [2.45, 2.75) is 64.8 Å². The number of benzene rings is 1. The molecular formula is C29H34ClN3O6. The smallest absolute Gasteiger partial charge is 0.303 e. The van der Waals surface area contributed by atoms with Gasteiger partial charge in [-0.15, -0.1) is 0 Å². The second-order valence-corrected chi connectivity index (χ2v) is 10.3. The van der Waals surface area contributed by atoms with Crippen LogP contribution >= 0.6 is 11.6 Å². The largest absolute Gasteiger partial charge is 0.512 e. The molecule has 0 fully saturated rings. The van der Waals surface area contributed by atoms with Crippen LogP contribution in [0.2, 0.25) is 5.02 Å². The highest BCUT2D eigenvalue weighted by molar-refractivity contribution is 6.30. The lowest BCUT2D eigenvalue weighted by Crippen LogP contribution is -2.13. The summed E-state index contributed by atoms with van der Waals surface area (Å²) in [5, 5.41) is 29.7. The number of aryl methyl sites for hydroxylation is 1. The number of aliphatic hydroxyl groups excluding tert-OH is 2. The first-order valence-corrected chi connectivity index (χ1v) is 13.3. The first-order chi connectivity index (χ1) is 18.6. The van der Waals surface area contributed by atoms with Crippen molar-refractivity contribution in [1.29, 1.82) is 0 Å². The summed E-state index contributed by atoms with van der Waals surface area (Å²) in [6.45, 7) is 1.57. The van der Waals surface area contributed by atoms with E-state index in [1.54, 1.807) is 11.5 Å². The van der Waals surface area contributed by atoms with E-state index in [1.165, 1.54) is 17.8 Å². The number of ketones is 1. The number of aromatic nitrogens is 2. The van der Waals surface area contributed by atoms with E-state index < -0.39 is 17.8 Å². The molecule has 10 heteroatoms. The van der Waals surface area contributed by atoms with Gasteiger partial charge in [0.25, 0.3) is 0 Å². The Labute approximate surface area is 231 Å². The summed E-state index contributed by atoms with van der Waals surface area (Å²) >= 11 is 6.07. The van der Waals surface area contributed by atoms with Crippen LogP contribution in [-0.2, 0) is 24.2 Å². The van der Waals surface area contributed by atoms with Crippen LogP contribution in [0.3, 0.4) is 0 Å². The number of nitrogens with zero attached hydrogens (tertiary/aromatic N) is 2. The van der Waals surface area contributed by atoms with Crippen molar-refractivity contribution in [3.8, 4) is 0 Å². The third-order valence-electron chi connectivity index (χ3n) is 6.61. The van der Waals surface area contributed by atoms with Gasteiger partial charge in [-0.1, -0.05) is 43.5 Å². The second kappa shape index (κ2) is 13.8. The molecule has 0 radical (unpaired) electrons. The van der Waals surface area contributed by atoms with Gasteiger partial charge < -0.3 is 25.6 Å². The van der Waals surface area contributed by atoms with Gasteiger partial charge in [-0.2, -0.15) is 0 Å². The number of unbranched alkanes of at least 4 members (excludes halogenated alkanes) is 3. The van der Waals surface area contributed by atoms with Gasteiger partial charge in [0.1, 0.15) is 17.7 Å². The van der Waals surface area contributed by atoms with E-state index in [9.17, 15) is 24.6 Å². The molecule has 208 valence electrons. The van der Waals surface area contributed by atoms with Gasteiger partial charge in [0.2, 0.25) is 5.91 Å². The minimum Gasteiger partial charge on any atom is -0.512 e. The van der Waals surface area contributed by atoms with Crippen LogP contribution in [0.15, 0.2) is 48.5 Å². The van der Waals surface area contributed by atoms with E-state index in [1.807, 2.05) is 24.3 Å². The first-order valence-electron chi connectivity index (χ1n) is 12.9. The summed E-state index contributed by atoms with van der Waals surface area (Å²) in [7, 11) is 0. The quantitative estimate of drug-likeness (QED) is 0.105. The Balaban J connectivity index is 1.89. The zero-order valence-corrected chi connectivity index (χ0v) is 22.7. The number of carbonyl (C=O) groups excluding carboxylic acids is 2. The number of nitrogens with two attached hydrogens (primary N) is 1. The van der Waals surface area contributed by atoms with Crippen molar-refractivity contribution >= 4 is 40.3 Å². The molecule has 9 nitrogen and oxygen atoms in total. The molecule has 3 aromatic rings. The Morgan fingerprint density at radius 1 is 1.08 bits per heavy atom.